The van der Waals surface area contributed by atoms with Gasteiger partial charge in [-0.15, -0.1) is 3.69 Å². The molecule has 1 aromatic carbocycles. The summed E-state index contributed by atoms with van der Waals surface area (Å²) in [4.78, 5) is 2.51. The molecule has 0 radical (unpaired) electrons. The minimum Gasteiger partial charge on any atom is -0.495 e. The van der Waals surface area contributed by atoms with Gasteiger partial charge in [0.25, 0.3) is 0 Å². The summed E-state index contributed by atoms with van der Waals surface area (Å²) in [7, 11) is 0. The molecule has 0 atom stereocenters. The first-order chi connectivity index (χ1) is 8.40. The van der Waals surface area contributed by atoms with Crippen molar-refractivity contribution in [3.63, 3.8) is 0 Å². The lowest BCUT2D eigenvalue weighted by Gasteiger charge is -2.26. The van der Waals surface area contributed by atoms with E-state index >= 15 is 0 Å². The van der Waals surface area contributed by atoms with E-state index in [9.17, 15) is 0 Å². The Hall–Kier alpha value is 0.226. The zero-order chi connectivity index (χ0) is 11.9. The fraction of sp³-hybridized carbons (Fsp3) is 0.538. The molecule has 1 aliphatic heterocycles. The summed E-state index contributed by atoms with van der Waals surface area (Å²) in [5.41, 5.74) is 0. The molecule has 1 fully saturated rings. The van der Waals surface area contributed by atoms with Crippen molar-refractivity contribution in [2.75, 3.05) is 26.2 Å². The largest absolute Gasteiger partial charge is 0.512 e. The van der Waals surface area contributed by atoms with E-state index in [2.05, 4.69) is 42.0 Å². The maximum atomic E-state index is 5.89. The Morgan fingerprint density at radius 1 is 1.18 bits per heavy atom. The summed E-state index contributed by atoms with van der Waals surface area (Å²) < 4.78 is 7.26. The minimum atomic E-state index is -0.315. The first-order valence-electron chi connectivity index (χ1n) is 6.39. The van der Waals surface area contributed by atoms with Gasteiger partial charge in [-0.1, -0.05) is 24.6 Å². The number of benzene rings is 1. The van der Waals surface area contributed by atoms with Crippen LogP contribution in [0.4, 0.5) is 0 Å². The van der Waals surface area contributed by atoms with Gasteiger partial charge in [0, 0.05) is 6.54 Å². The minimum absolute atomic E-state index is 0.315. The van der Waals surface area contributed by atoms with Crippen molar-refractivity contribution in [1.82, 2.24) is 4.90 Å². The third-order valence-electron chi connectivity index (χ3n) is 3.23. The lowest BCUT2D eigenvalue weighted by Crippen LogP contribution is -2.33. The average molecular weight is 309 g/mol. The van der Waals surface area contributed by atoms with E-state index in [0.717, 1.165) is 18.9 Å². The van der Waals surface area contributed by atoms with Gasteiger partial charge >= 0.3 is 18.2 Å². The van der Waals surface area contributed by atoms with E-state index in [1.165, 1.54) is 36.0 Å². The Morgan fingerprint density at radius 3 is 2.71 bits per heavy atom. The van der Waals surface area contributed by atoms with Crippen LogP contribution in [-0.4, -0.2) is 49.3 Å². The number of ether oxygens (including phenoxy) is 1. The van der Waals surface area contributed by atoms with Gasteiger partial charge in [-0.25, -0.2) is 0 Å². The zero-order valence-corrected chi connectivity index (χ0v) is 13.2. The predicted molar refractivity (Wildman–Crippen MR) is 76.5 cm³/mol. The van der Waals surface area contributed by atoms with Crippen LogP contribution in [0.15, 0.2) is 24.3 Å². The second-order valence-corrected chi connectivity index (χ2v) is 7.20. The van der Waals surface area contributed by atoms with Crippen molar-refractivity contribution in [1.29, 1.82) is 0 Å². The molecule has 4 heteroatoms. The number of rotatable bonds is 5. The Kier molecular flexibility index (Phi) is 6.12. The van der Waals surface area contributed by atoms with Gasteiger partial charge in [0.2, 0.25) is 0 Å². The Morgan fingerprint density at radius 2 is 1.94 bits per heavy atom. The zero-order valence-electron chi connectivity index (χ0n) is 10.2. The molecule has 0 amide bonds. The highest BCUT2D eigenvalue weighted by Crippen LogP contribution is 2.10. The fourth-order valence-electron chi connectivity index (χ4n) is 2.22. The summed E-state index contributed by atoms with van der Waals surface area (Å²) in [6, 6.07) is 8.38. The topological polar surface area (TPSA) is 12.5 Å². The Balaban J connectivity index is 1.77. The molecule has 0 saturated carbocycles. The highest BCUT2D eigenvalue weighted by molar-refractivity contribution is 9.23. The standard InChI is InChI=1S/C13H18NO.BrH.Mg/c1-3-7-13(8-4-1)15-12-11-14-9-5-2-6-10-14;;/h1,3-4,7H,2,5-6,9-12H2;1H;/q;;+1/p-1. The van der Waals surface area contributed by atoms with Crippen LogP contribution in [0.25, 0.3) is 0 Å². The van der Waals surface area contributed by atoms with E-state index in [1.807, 2.05) is 0 Å². The maximum absolute atomic E-state index is 5.89. The van der Waals surface area contributed by atoms with Gasteiger partial charge in [0.1, 0.15) is 6.61 Å². The summed E-state index contributed by atoms with van der Waals surface area (Å²) in [5, 5.41) is 0. The molecule has 17 heavy (non-hydrogen) atoms. The normalized spacial score (nSPS) is 16.5. The van der Waals surface area contributed by atoms with Crippen LogP contribution in [-0.2, 0) is 0 Å². The SMILES string of the molecule is [Br][Mg][c]1ccccc1OCCN1CCCCC1. The molecule has 0 aliphatic carbocycles. The Labute approximate surface area is 119 Å². The summed E-state index contributed by atoms with van der Waals surface area (Å²) >= 11 is 3.31. The van der Waals surface area contributed by atoms with Crippen molar-refractivity contribution in [3.05, 3.63) is 24.3 Å². The molecule has 1 heterocycles. The summed E-state index contributed by atoms with van der Waals surface area (Å²) in [6.45, 7) is 4.38. The molecule has 2 rings (SSSR count). The first-order valence-corrected chi connectivity index (χ1v) is 11.0. The van der Waals surface area contributed by atoms with Crippen LogP contribution >= 0.6 is 12.9 Å². The van der Waals surface area contributed by atoms with Gasteiger partial charge in [-0.3, -0.25) is 17.8 Å². The van der Waals surface area contributed by atoms with Crippen molar-refractivity contribution >= 4 is 34.8 Å². The van der Waals surface area contributed by atoms with Gasteiger partial charge in [0.15, 0.2) is 0 Å². The number of nitrogens with zero attached hydrogens (tertiary/aromatic N) is 1. The van der Waals surface area contributed by atoms with Gasteiger partial charge in [0.05, 0.1) is 5.75 Å². The molecule has 1 aliphatic rings. The number of hydrogen-bond acceptors (Lipinski definition) is 2. The van der Waals surface area contributed by atoms with Gasteiger partial charge < -0.3 is 4.74 Å². The molecule has 0 spiro atoms. The highest BCUT2D eigenvalue weighted by atomic mass is 79.9. The number of hydrogen-bond donors (Lipinski definition) is 0. The van der Waals surface area contributed by atoms with E-state index in [4.69, 9.17) is 4.74 Å². The molecule has 0 aromatic heterocycles. The van der Waals surface area contributed by atoms with E-state index < -0.39 is 0 Å². The van der Waals surface area contributed by atoms with Gasteiger partial charge in [-0.05, 0) is 32.0 Å². The molecule has 0 bridgehead atoms. The lowest BCUT2D eigenvalue weighted by atomic mass is 10.1. The molecule has 1 saturated heterocycles. The second-order valence-electron chi connectivity index (χ2n) is 4.49. The molecular weight excluding hydrogens is 290 g/mol. The predicted octanol–water partition coefficient (Wildman–Crippen LogP) is 2.19. The van der Waals surface area contributed by atoms with Crippen LogP contribution in [0.1, 0.15) is 19.3 Å². The third-order valence-corrected chi connectivity index (χ3v) is 5.91. The lowest BCUT2D eigenvalue weighted by molar-refractivity contribution is 0.184. The average Bonchev–Trinajstić information content (AvgIpc) is 2.40. The number of likely N-dealkylation sites (tertiary alicyclic amines) is 1. The van der Waals surface area contributed by atoms with Crippen LogP contribution in [0, 0.1) is 0 Å². The van der Waals surface area contributed by atoms with Crippen molar-refractivity contribution in [2.24, 2.45) is 0 Å². The van der Waals surface area contributed by atoms with Crippen LogP contribution in [0.5, 0.6) is 5.75 Å². The molecular formula is C13H18BrMgNO. The summed E-state index contributed by atoms with van der Waals surface area (Å²) in [5.74, 6) is 1.08. The van der Waals surface area contributed by atoms with Crippen molar-refractivity contribution < 1.29 is 4.74 Å². The van der Waals surface area contributed by atoms with Gasteiger partial charge in [-0.2, -0.15) is 0 Å². The van der Waals surface area contributed by atoms with Crippen LogP contribution < -0.4 is 8.43 Å². The van der Waals surface area contributed by atoms with Crippen LogP contribution in [0.2, 0.25) is 0 Å². The van der Waals surface area contributed by atoms with E-state index in [0.29, 0.717) is 0 Å². The monoisotopic (exact) mass is 307 g/mol. The molecule has 0 unspecified atom stereocenters. The second kappa shape index (κ2) is 7.62. The van der Waals surface area contributed by atoms with Crippen molar-refractivity contribution in [2.45, 2.75) is 19.3 Å². The number of para-hydroxylation sites is 1. The van der Waals surface area contributed by atoms with E-state index in [1.54, 1.807) is 0 Å². The fourth-order valence-corrected chi connectivity index (χ4v) is 4.19. The van der Waals surface area contributed by atoms with Crippen molar-refractivity contribution in [3.8, 4) is 5.75 Å². The molecule has 1 aromatic rings. The smallest absolute Gasteiger partial charge is 0.495 e. The number of piperidine rings is 1. The molecule has 0 N–H and O–H groups in total. The first kappa shape index (κ1) is 13.7. The maximum Gasteiger partial charge on any atom is 0.512 e. The molecule has 2 nitrogen and oxygen atoms in total. The van der Waals surface area contributed by atoms with E-state index in [-0.39, 0.29) is 18.2 Å². The Bertz CT molecular complexity index is 342. The molecule has 90 valence electrons. The third kappa shape index (κ3) is 4.43. The quantitative estimate of drug-likeness (QED) is 0.773. The number of halogens is 1. The highest BCUT2D eigenvalue weighted by Gasteiger charge is 2.10. The summed E-state index contributed by atoms with van der Waals surface area (Å²) in [6.07, 6.45) is 4.10. The van der Waals surface area contributed by atoms with Crippen LogP contribution in [0.3, 0.4) is 0 Å².